The Balaban J connectivity index is 1.20. The number of benzene rings is 1. The lowest BCUT2D eigenvalue weighted by Crippen LogP contribution is -2.43. The van der Waals surface area contributed by atoms with Crippen LogP contribution < -0.4 is 10.3 Å². The lowest BCUT2D eigenvalue weighted by Gasteiger charge is -2.36. The highest BCUT2D eigenvalue weighted by Gasteiger charge is 2.39. The molecule has 1 saturated carbocycles. The van der Waals surface area contributed by atoms with Crippen LogP contribution in [0.2, 0.25) is 0 Å². The second-order valence-corrected chi connectivity index (χ2v) is 11.2. The van der Waals surface area contributed by atoms with Crippen molar-refractivity contribution in [2.45, 2.75) is 69.2 Å². The first-order valence-electron chi connectivity index (χ1n) is 12.1. The van der Waals surface area contributed by atoms with Gasteiger partial charge in [0.05, 0.1) is 16.1 Å². The third kappa shape index (κ3) is 4.04. The highest BCUT2D eigenvalue weighted by Crippen LogP contribution is 2.39. The molecule has 3 aromatic rings. The van der Waals surface area contributed by atoms with Gasteiger partial charge in [0, 0.05) is 12.1 Å². The van der Waals surface area contributed by atoms with E-state index in [1.165, 1.54) is 24.2 Å². The lowest BCUT2D eigenvalue weighted by atomic mass is 10.0. The highest BCUT2D eigenvalue weighted by atomic mass is 32.1. The fourth-order valence-electron chi connectivity index (χ4n) is 5.43. The molecule has 0 spiro atoms. The largest absolute Gasteiger partial charge is 0.490 e. The molecule has 6 rings (SSSR count). The summed E-state index contributed by atoms with van der Waals surface area (Å²) in [6.07, 6.45) is 8.56. The van der Waals surface area contributed by atoms with Crippen molar-refractivity contribution in [1.82, 2.24) is 14.5 Å². The first-order chi connectivity index (χ1) is 16.4. The summed E-state index contributed by atoms with van der Waals surface area (Å²) >= 11 is 1.33. The van der Waals surface area contributed by atoms with E-state index in [4.69, 9.17) is 4.74 Å². The van der Waals surface area contributed by atoms with E-state index in [1.54, 1.807) is 17.8 Å². The van der Waals surface area contributed by atoms with Crippen molar-refractivity contribution in [1.29, 1.82) is 0 Å². The molecular formula is C27H29N3O3S. The van der Waals surface area contributed by atoms with Crippen molar-refractivity contribution in [3.05, 3.63) is 51.9 Å². The first kappa shape index (κ1) is 21.8. The summed E-state index contributed by atoms with van der Waals surface area (Å²) in [6, 6.07) is 10.8. The molecule has 2 aliphatic heterocycles. The molecule has 2 saturated heterocycles. The molecule has 6 nitrogen and oxygen atoms in total. The van der Waals surface area contributed by atoms with Gasteiger partial charge in [-0.1, -0.05) is 11.8 Å². The Morgan fingerprint density at radius 2 is 1.85 bits per heavy atom. The number of nitrogens with zero attached hydrogens (tertiary/aromatic N) is 3. The molecule has 34 heavy (non-hydrogen) atoms. The minimum absolute atomic E-state index is 0.113. The molecule has 1 aromatic carbocycles. The highest BCUT2D eigenvalue weighted by molar-refractivity contribution is 7.19. The van der Waals surface area contributed by atoms with Crippen LogP contribution in [-0.2, 0) is 0 Å². The number of aliphatic hydroxyl groups is 1. The summed E-state index contributed by atoms with van der Waals surface area (Å²) in [5.74, 6) is 7.13. The summed E-state index contributed by atoms with van der Waals surface area (Å²) in [5.41, 5.74) is 0.310. The predicted molar refractivity (Wildman–Crippen MR) is 134 cm³/mol. The molecule has 1 aliphatic carbocycles. The van der Waals surface area contributed by atoms with Crippen LogP contribution in [-0.4, -0.2) is 50.4 Å². The Bertz CT molecular complexity index is 1330. The van der Waals surface area contributed by atoms with Gasteiger partial charge in [0.15, 0.2) is 0 Å². The van der Waals surface area contributed by atoms with Crippen molar-refractivity contribution in [3.63, 3.8) is 0 Å². The number of hydrogen-bond donors (Lipinski definition) is 1. The van der Waals surface area contributed by atoms with Crippen molar-refractivity contribution >= 4 is 21.6 Å². The average molecular weight is 476 g/mol. The molecular weight excluding hydrogens is 446 g/mol. The molecule has 3 aliphatic rings. The third-order valence-corrected chi connectivity index (χ3v) is 8.75. The SMILES string of the molecule is CN1C2CCC1CC(Oc1ccc(-n3cnc4cc(C#CC(C)(O)C5CC5)sc4c3=O)cc1)C2. The summed E-state index contributed by atoms with van der Waals surface area (Å²) in [4.78, 5) is 20.9. The number of piperidine rings is 1. The number of thiophene rings is 1. The van der Waals surface area contributed by atoms with E-state index < -0.39 is 5.60 Å². The number of fused-ring (bicyclic) bond motifs is 3. The monoisotopic (exact) mass is 475 g/mol. The maximum Gasteiger partial charge on any atom is 0.275 e. The van der Waals surface area contributed by atoms with Gasteiger partial charge in [0.1, 0.15) is 28.5 Å². The van der Waals surface area contributed by atoms with Gasteiger partial charge in [-0.25, -0.2) is 4.98 Å². The maximum absolute atomic E-state index is 13.2. The summed E-state index contributed by atoms with van der Waals surface area (Å²) in [5, 5.41) is 10.4. The van der Waals surface area contributed by atoms with Gasteiger partial charge < -0.3 is 14.7 Å². The summed E-state index contributed by atoms with van der Waals surface area (Å²) in [6.45, 7) is 1.76. The van der Waals surface area contributed by atoms with Gasteiger partial charge in [0.25, 0.3) is 5.56 Å². The van der Waals surface area contributed by atoms with Gasteiger partial charge in [0.2, 0.25) is 0 Å². The second kappa shape index (κ2) is 8.23. The normalized spacial score (nSPS) is 26.1. The minimum atomic E-state index is -0.971. The van der Waals surface area contributed by atoms with Crippen molar-refractivity contribution < 1.29 is 9.84 Å². The number of aromatic nitrogens is 2. The zero-order valence-corrected chi connectivity index (χ0v) is 20.3. The van der Waals surface area contributed by atoms with Crippen LogP contribution in [0.25, 0.3) is 15.9 Å². The molecule has 176 valence electrons. The molecule has 2 aromatic heterocycles. The van der Waals surface area contributed by atoms with Gasteiger partial charge in [-0.3, -0.25) is 9.36 Å². The third-order valence-electron chi connectivity index (χ3n) is 7.72. The Morgan fingerprint density at radius 1 is 1.15 bits per heavy atom. The molecule has 2 bridgehead atoms. The Labute approximate surface area is 203 Å². The van der Waals surface area contributed by atoms with Crippen LogP contribution in [0.4, 0.5) is 0 Å². The molecule has 0 radical (unpaired) electrons. The first-order valence-corrected chi connectivity index (χ1v) is 12.9. The van der Waals surface area contributed by atoms with Crippen LogP contribution in [0.15, 0.2) is 41.5 Å². The van der Waals surface area contributed by atoms with E-state index in [2.05, 4.69) is 28.8 Å². The number of ether oxygens (including phenoxy) is 1. The Kier molecular flexibility index (Phi) is 5.29. The van der Waals surface area contributed by atoms with E-state index in [1.807, 2.05) is 30.3 Å². The fraction of sp³-hybridized carbons (Fsp3) is 0.481. The molecule has 4 heterocycles. The smallest absolute Gasteiger partial charge is 0.275 e. The maximum atomic E-state index is 13.2. The Hall–Kier alpha value is -2.66. The van der Waals surface area contributed by atoms with Crippen molar-refractivity contribution in [2.75, 3.05) is 7.05 Å². The average Bonchev–Trinajstić information content (AvgIpc) is 3.57. The van der Waals surface area contributed by atoms with E-state index in [-0.39, 0.29) is 17.6 Å². The number of rotatable bonds is 4. The topological polar surface area (TPSA) is 67.6 Å². The minimum Gasteiger partial charge on any atom is -0.490 e. The zero-order valence-electron chi connectivity index (χ0n) is 19.5. The van der Waals surface area contributed by atoms with Gasteiger partial charge in [-0.15, -0.1) is 11.3 Å². The Morgan fingerprint density at radius 3 is 2.53 bits per heavy atom. The molecule has 0 amide bonds. The zero-order chi connectivity index (χ0) is 23.4. The second-order valence-electron chi connectivity index (χ2n) is 10.2. The number of hydrogen-bond acceptors (Lipinski definition) is 6. The standard InChI is InChI=1S/C27H29N3O3S/c1-27(32,17-3-4-17)12-11-23-15-24-25(34-23)26(31)30(16-28-24)18-7-9-21(10-8-18)33-22-13-19-5-6-20(14-22)29(19)2/h7-10,15-17,19-20,22,32H,3-6,13-14H2,1-2H3. The summed E-state index contributed by atoms with van der Waals surface area (Å²) < 4.78 is 8.43. The molecule has 3 atom stereocenters. The van der Waals surface area contributed by atoms with Crippen LogP contribution >= 0.6 is 11.3 Å². The molecule has 3 fully saturated rings. The van der Waals surface area contributed by atoms with Crippen LogP contribution in [0.5, 0.6) is 5.75 Å². The molecule has 7 heteroatoms. The predicted octanol–water partition coefficient (Wildman–Crippen LogP) is 3.96. The van der Waals surface area contributed by atoms with E-state index in [0.29, 0.717) is 22.3 Å². The van der Waals surface area contributed by atoms with E-state index in [0.717, 1.165) is 42.0 Å². The van der Waals surface area contributed by atoms with Gasteiger partial charge >= 0.3 is 0 Å². The molecule has 3 unspecified atom stereocenters. The lowest BCUT2D eigenvalue weighted by molar-refractivity contribution is 0.0662. The van der Waals surface area contributed by atoms with Crippen LogP contribution in [0, 0.1) is 17.8 Å². The fourth-order valence-corrected chi connectivity index (χ4v) is 6.32. The van der Waals surface area contributed by atoms with E-state index in [9.17, 15) is 9.90 Å². The van der Waals surface area contributed by atoms with Crippen molar-refractivity contribution in [3.8, 4) is 23.3 Å². The van der Waals surface area contributed by atoms with E-state index >= 15 is 0 Å². The van der Waals surface area contributed by atoms with Crippen LogP contribution in [0.1, 0.15) is 50.3 Å². The van der Waals surface area contributed by atoms with Gasteiger partial charge in [-0.05, 0) is 88.7 Å². The quantitative estimate of drug-likeness (QED) is 0.579. The van der Waals surface area contributed by atoms with Gasteiger partial charge in [-0.2, -0.15) is 0 Å². The van der Waals surface area contributed by atoms with Crippen LogP contribution in [0.3, 0.4) is 0 Å². The summed E-state index contributed by atoms with van der Waals surface area (Å²) in [7, 11) is 2.23. The molecule has 1 N–H and O–H groups in total. The van der Waals surface area contributed by atoms with Crippen molar-refractivity contribution in [2.24, 2.45) is 5.92 Å².